The minimum atomic E-state index is -3.62. The summed E-state index contributed by atoms with van der Waals surface area (Å²) in [6.07, 6.45) is 0. The molecule has 1 aromatic carbocycles. The molecule has 5 nitrogen and oxygen atoms in total. The number of hydrogen-bond acceptors (Lipinski definition) is 4. The topological polar surface area (TPSA) is 80.5 Å². The van der Waals surface area contributed by atoms with Gasteiger partial charge in [-0.1, -0.05) is 6.07 Å². The van der Waals surface area contributed by atoms with Crippen LogP contribution >= 0.6 is 0 Å². The van der Waals surface area contributed by atoms with Crippen molar-refractivity contribution in [1.29, 1.82) is 0 Å². The van der Waals surface area contributed by atoms with E-state index in [9.17, 15) is 17.6 Å². The molecule has 1 aromatic rings. The molecule has 0 atom stereocenters. The van der Waals surface area contributed by atoms with Gasteiger partial charge >= 0.3 is 0 Å². The predicted octanol–water partition coefficient (Wildman–Crippen LogP) is 0.735. The highest BCUT2D eigenvalue weighted by molar-refractivity contribution is 7.94. The molecule has 2 rings (SSSR count). The van der Waals surface area contributed by atoms with Crippen LogP contribution in [0.25, 0.3) is 0 Å². The van der Waals surface area contributed by atoms with Crippen molar-refractivity contribution in [1.82, 2.24) is 4.31 Å². The first-order valence-corrected chi connectivity index (χ1v) is 7.20. The van der Waals surface area contributed by atoms with Gasteiger partial charge in [-0.25, -0.2) is 17.1 Å². The Kier molecular flexibility index (Phi) is 3.14. The average Bonchev–Trinajstić information content (AvgIpc) is 2.36. The Morgan fingerprint density at radius 1 is 1.37 bits per heavy atom. The maximum atomic E-state index is 13.3. The number of carbonyl (C=O) groups excluding carboxylic acids is 1. The Labute approximate surface area is 111 Å². The smallest absolute Gasteiger partial charge is 0.259 e. The van der Waals surface area contributed by atoms with Gasteiger partial charge in [-0.3, -0.25) is 4.79 Å². The summed E-state index contributed by atoms with van der Waals surface area (Å²) in [6.45, 7) is 2.68. The van der Waals surface area contributed by atoms with Crippen molar-refractivity contribution in [2.75, 3.05) is 0 Å². The maximum Gasteiger partial charge on any atom is 0.259 e. The molecule has 1 aliphatic rings. The van der Waals surface area contributed by atoms with Crippen LogP contribution in [0.3, 0.4) is 0 Å². The van der Waals surface area contributed by atoms with E-state index in [1.807, 2.05) is 0 Å². The molecule has 7 heteroatoms. The fraction of sp³-hybridized carbons (Fsp3) is 0.417. The lowest BCUT2D eigenvalue weighted by atomic mass is 10.1. The quantitative estimate of drug-likeness (QED) is 0.888. The normalized spacial score (nSPS) is 20.2. The first-order valence-electron chi connectivity index (χ1n) is 5.76. The second-order valence-corrected chi connectivity index (χ2v) is 7.37. The molecule has 1 amide bonds. The fourth-order valence-electron chi connectivity index (χ4n) is 1.96. The van der Waals surface area contributed by atoms with Crippen LogP contribution in [-0.4, -0.2) is 23.4 Å². The molecule has 0 bridgehead atoms. The van der Waals surface area contributed by atoms with Gasteiger partial charge in [0.2, 0.25) is 0 Å². The molecule has 0 aromatic heterocycles. The number of halogens is 1. The minimum absolute atomic E-state index is 0.0197. The zero-order chi connectivity index (χ0) is 14.4. The van der Waals surface area contributed by atoms with E-state index in [-0.39, 0.29) is 13.1 Å². The molecule has 2 N–H and O–H groups in total. The van der Waals surface area contributed by atoms with E-state index in [4.69, 9.17) is 5.73 Å². The van der Waals surface area contributed by atoms with Crippen LogP contribution in [0.15, 0.2) is 18.2 Å². The summed E-state index contributed by atoms with van der Waals surface area (Å²) in [4.78, 5) is 11.8. The Bertz CT molecular complexity index is 640. The lowest BCUT2D eigenvalue weighted by molar-refractivity contribution is -0.132. The van der Waals surface area contributed by atoms with E-state index < -0.39 is 26.5 Å². The van der Waals surface area contributed by atoms with Crippen molar-refractivity contribution < 1.29 is 17.6 Å². The average molecular weight is 286 g/mol. The minimum Gasteiger partial charge on any atom is -0.326 e. The van der Waals surface area contributed by atoms with Crippen LogP contribution in [0.1, 0.15) is 25.0 Å². The molecule has 0 unspecified atom stereocenters. The molecule has 0 radical (unpaired) electrons. The van der Waals surface area contributed by atoms with Crippen LogP contribution in [0.5, 0.6) is 0 Å². The molecular formula is C12H15FN2O3S. The number of rotatable bonds is 3. The van der Waals surface area contributed by atoms with Crippen LogP contribution in [-0.2, 0) is 27.9 Å². The number of sulfonamides is 1. The Hall–Kier alpha value is -1.47. The first-order chi connectivity index (χ1) is 8.71. The van der Waals surface area contributed by atoms with Gasteiger partial charge in [-0.05, 0) is 31.5 Å². The van der Waals surface area contributed by atoms with Crippen molar-refractivity contribution in [3.63, 3.8) is 0 Å². The highest BCUT2D eigenvalue weighted by atomic mass is 32.2. The Balaban J connectivity index is 2.27. The highest BCUT2D eigenvalue weighted by Gasteiger charge is 2.59. The van der Waals surface area contributed by atoms with Gasteiger partial charge in [-0.15, -0.1) is 0 Å². The van der Waals surface area contributed by atoms with E-state index in [1.54, 1.807) is 0 Å². The van der Waals surface area contributed by atoms with E-state index in [0.29, 0.717) is 11.1 Å². The van der Waals surface area contributed by atoms with Crippen molar-refractivity contribution in [2.24, 2.45) is 5.73 Å². The number of nitrogens with zero attached hydrogens (tertiary/aromatic N) is 1. The first kappa shape index (κ1) is 14.0. The number of carbonyl (C=O) groups is 1. The van der Waals surface area contributed by atoms with Crippen molar-refractivity contribution in [3.05, 3.63) is 35.1 Å². The fourth-order valence-corrected chi connectivity index (χ4v) is 3.48. The van der Waals surface area contributed by atoms with E-state index in [0.717, 1.165) is 4.31 Å². The standard InChI is InChI=1S/C12H15FN2O3S/c1-12(2)11(16)15(19(12,17)18)7-8-3-4-10(13)9(5-8)6-14/h3-5H,6-7,14H2,1-2H3. The zero-order valence-corrected chi connectivity index (χ0v) is 11.5. The third kappa shape index (κ3) is 1.93. The molecule has 0 saturated carbocycles. The largest absolute Gasteiger partial charge is 0.326 e. The van der Waals surface area contributed by atoms with Gasteiger partial charge in [-0.2, -0.15) is 0 Å². The molecule has 1 saturated heterocycles. The van der Waals surface area contributed by atoms with Gasteiger partial charge in [0.05, 0.1) is 6.54 Å². The Morgan fingerprint density at radius 3 is 2.53 bits per heavy atom. The van der Waals surface area contributed by atoms with Gasteiger partial charge in [0, 0.05) is 12.1 Å². The molecule has 1 fully saturated rings. The number of amides is 1. The van der Waals surface area contributed by atoms with Gasteiger partial charge in [0.25, 0.3) is 15.9 Å². The summed E-state index contributed by atoms with van der Waals surface area (Å²) in [5, 5.41) is 0. The number of benzene rings is 1. The van der Waals surface area contributed by atoms with E-state index in [1.165, 1.54) is 32.0 Å². The number of hydrogen-bond donors (Lipinski definition) is 1. The zero-order valence-electron chi connectivity index (χ0n) is 10.7. The Morgan fingerprint density at radius 2 is 2.00 bits per heavy atom. The molecular weight excluding hydrogens is 271 g/mol. The molecule has 104 valence electrons. The van der Waals surface area contributed by atoms with Crippen molar-refractivity contribution in [3.8, 4) is 0 Å². The van der Waals surface area contributed by atoms with E-state index >= 15 is 0 Å². The summed E-state index contributed by atoms with van der Waals surface area (Å²) < 4.78 is 36.5. The summed E-state index contributed by atoms with van der Waals surface area (Å²) in [7, 11) is -3.62. The van der Waals surface area contributed by atoms with E-state index in [2.05, 4.69) is 0 Å². The van der Waals surface area contributed by atoms with Crippen molar-refractivity contribution in [2.45, 2.75) is 31.7 Å². The lowest BCUT2D eigenvalue weighted by Crippen LogP contribution is -2.66. The van der Waals surface area contributed by atoms with Crippen LogP contribution in [0.2, 0.25) is 0 Å². The third-order valence-corrected chi connectivity index (χ3v) is 5.67. The monoisotopic (exact) mass is 286 g/mol. The molecule has 19 heavy (non-hydrogen) atoms. The lowest BCUT2D eigenvalue weighted by Gasteiger charge is -2.43. The second-order valence-electron chi connectivity index (χ2n) is 4.96. The predicted molar refractivity (Wildman–Crippen MR) is 67.8 cm³/mol. The van der Waals surface area contributed by atoms with Crippen molar-refractivity contribution >= 4 is 15.9 Å². The summed E-state index contributed by atoms with van der Waals surface area (Å²) in [5.74, 6) is -0.893. The molecule has 1 heterocycles. The molecule has 1 aliphatic heterocycles. The summed E-state index contributed by atoms with van der Waals surface area (Å²) in [6, 6.07) is 4.14. The third-order valence-electron chi connectivity index (χ3n) is 3.33. The summed E-state index contributed by atoms with van der Waals surface area (Å²) in [5.41, 5.74) is 6.21. The number of nitrogens with two attached hydrogens (primary N) is 1. The second kappa shape index (κ2) is 4.28. The van der Waals surface area contributed by atoms with Gasteiger partial charge in [0.15, 0.2) is 4.75 Å². The maximum absolute atomic E-state index is 13.3. The molecule has 0 spiro atoms. The SMILES string of the molecule is CC1(C)C(=O)N(Cc2ccc(F)c(CN)c2)S1(=O)=O. The van der Waals surface area contributed by atoms with Crippen LogP contribution in [0, 0.1) is 5.82 Å². The highest BCUT2D eigenvalue weighted by Crippen LogP contribution is 2.36. The summed E-state index contributed by atoms with van der Waals surface area (Å²) >= 11 is 0. The molecule has 0 aliphatic carbocycles. The van der Waals surface area contributed by atoms with Crippen LogP contribution in [0.4, 0.5) is 4.39 Å². The van der Waals surface area contributed by atoms with Gasteiger partial charge in [0.1, 0.15) is 5.82 Å². The van der Waals surface area contributed by atoms with Gasteiger partial charge < -0.3 is 5.73 Å². The van der Waals surface area contributed by atoms with Crippen LogP contribution < -0.4 is 5.73 Å².